The van der Waals surface area contributed by atoms with Crippen molar-refractivity contribution in [2.75, 3.05) is 4.72 Å². The van der Waals surface area contributed by atoms with Crippen molar-refractivity contribution in [1.82, 2.24) is 10.2 Å². The quantitative estimate of drug-likeness (QED) is 0.767. The standard InChI is InChI=1S/C16H12FN3O3S/c17-14-8-6-13(7-9-14)15-18-19-16(23-15)20-24(21,22)11-10-12-4-2-1-3-5-12/h1-11H,(H,19,20). The van der Waals surface area contributed by atoms with E-state index in [4.69, 9.17) is 4.42 Å². The molecule has 0 spiro atoms. The highest BCUT2D eigenvalue weighted by atomic mass is 32.2. The van der Waals surface area contributed by atoms with Crippen molar-refractivity contribution in [1.29, 1.82) is 0 Å². The van der Waals surface area contributed by atoms with Crippen LogP contribution in [0.4, 0.5) is 10.4 Å². The SMILES string of the molecule is O=S(=O)(C=Cc1ccccc1)Nc1nnc(-c2ccc(F)cc2)o1. The van der Waals surface area contributed by atoms with Crippen molar-refractivity contribution in [3.05, 3.63) is 71.4 Å². The van der Waals surface area contributed by atoms with Gasteiger partial charge >= 0.3 is 6.01 Å². The van der Waals surface area contributed by atoms with E-state index in [1.165, 1.54) is 30.3 Å². The molecule has 6 nitrogen and oxygen atoms in total. The molecule has 0 amide bonds. The van der Waals surface area contributed by atoms with E-state index in [-0.39, 0.29) is 11.9 Å². The number of halogens is 1. The molecular formula is C16H12FN3O3S. The number of hydrogen-bond donors (Lipinski definition) is 1. The number of hydrogen-bond acceptors (Lipinski definition) is 5. The average molecular weight is 345 g/mol. The van der Waals surface area contributed by atoms with Gasteiger partial charge in [-0.1, -0.05) is 35.4 Å². The van der Waals surface area contributed by atoms with Crippen LogP contribution < -0.4 is 4.72 Å². The summed E-state index contributed by atoms with van der Waals surface area (Å²) >= 11 is 0. The molecule has 1 aromatic heterocycles. The van der Waals surface area contributed by atoms with E-state index >= 15 is 0 Å². The Kier molecular flexibility index (Phi) is 4.39. The van der Waals surface area contributed by atoms with Crippen LogP contribution in [0.5, 0.6) is 0 Å². The van der Waals surface area contributed by atoms with Gasteiger partial charge in [-0.3, -0.25) is 0 Å². The molecule has 0 atom stereocenters. The zero-order valence-electron chi connectivity index (χ0n) is 12.3. The Morgan fingerprint density at radius 1 is 1.00 bits per heavy atom. The van der Waals surface area contributed by atoms with Gasteiger partial charge in [0.2, 0.25) is 5.89 Å². The fourth-order valence-electron chi connectivity index (χ4n) is 1.86. The zero-order valence-corrected chi connectivity index (χ0v) is 13.1. The number of nitrogens with one attached hydrogen (secondary N) is 1. The van der Waals surface area contributed by atoms with E-state index in [2.05, 4.69) is 14.9 Å². The van der Waals surface area contributed by atoms with Gasteiger partial charge < -0.3 is 4.42 Å². The molecular weight excluding hydrogens is 333 g/mol. The van der Waals surface area contributed by atoms with Crippen LogP contribution in [0.2, 0.25) is 0 Å². The third-order valence-electron chi connectivity index (χ3n) is 2.98. The maximum atomic E-state index is 12.9. The highest BCUT2D eigenvalue weighted by Gasteiger charge is 2.13. The number of sulfonamides is 1. The summed E-state index contributed by atoms with van der Waals surface area (Å²) in [5.74, 6) is -0.315. The molecule has 0 unspecified atom stereocenters. The fourth-order valence-corrected chi connectivity index (χ4v) is 2.59. The monoisotopic (exact) mass is 345 g/mol. The van der Waals surface area contributed by atoms with Gasteiger partial charge in [0.25, 0.3) is 10.0 Å². The molecule has 122 valence electrons. The summed E-state index contributed by atoms with van der Waals surface area (Å²) in [4.78, 5) is 0. The van der Waals surface area contributed by atoms with E-state index in [1.807, 2.05) is 6.07 Å². The summed E-state index contributed by atoms with van der Waals surface area (Å²) in [5, 5.41) is 8.35. The normalized spacial score (nSPS) is 11.7. The molecule has 0 aliphatic heterocycles. The van der Waals surface area contributed by atoms with Crippen molar-refractivity contribution < 1.29 is 17.2 Å². The van der Waals surface area contributed by atoms with Crippen LogP contribution >= 0.6 is 0 Å². The molecule has 0 saturated carbocycles. The molecule has 0 aliphatic carbocycles. The van der Waals surface area contributed by atoms with E-state index in [0.29, 0.717) is 5.56 Å². The Balaban J connectivity index is 1.74. The highest BCUT2D eigenvalue weighted by Crippen LogP contribution is 2.20. The van der Waals surface area contributed by atoms with E-state index in [9.17, 15) is 12.8 Å². The first-order chi connectivity index (χ1) is 11.5. The summed E-state index contributed by atoms with van der Waals surface area (Å²) in [5.41, 5.74) is 1.22. The smallest absolute Gasteiger partial charge is 0.330 e. The first kappa shape index (κ1) is 15.9. The predicted molar refractivity (Wildman–Crippen MR) is 87.7 cm³/mol. The number of rotatable bonds is 5. The average Bonchev–Trinajstić information content (AvgIpc) is 3.02. The maximum absolute atomic E-state index is 12.9. The Labute approximate surface area is 137 Å². The second kappa shape index (κ2) is 6.63. The summed E-state index contributed by atoms with van der Waals surface area (Å²) < 4.78 is 44.3. The van der Waals surface area contributed by atoms with E-state index in [1.54, 1.807) is 24.3 Å². The van der Waals surface area contributed by atoms with E-state index < -0.39 is 15.8 Å². The van der Waals surface area contributed by atoms with Crippen LogP contribution in [0.15, 0.2) is 64.4 Å². The number of aromatic nitrogens is 2. The lowest BCUT2D eigenvalue weighted by atomic mass is 10.2. The molecule has 3 aromatic rings. The summed E-state index contributed by atoms with van der Waals surface area (Å²) in [6.45, 7) is 0. The Morgan fingerprint density at radius 3 is 2.42 bits per heavy atom. The van der Waals surface area contributed by atoms with Gasteiger partial charge in [-0.05, 0) is 35.9 Å². The minimum absolute atomic E-state index is 0.0831. The zero-order chi connectivity index (χ0) is 17.0. The third kappa shape index (κ3) is 4.05. The number of nitrogens with zero attached hydrogens (tertiary/aromatic N) is 2. The van der Waals surface area contributed by atoms with Crippen LogP contribution in [0, 0.1) is 5.82 Å². The predicted octanol–water partition coefficient (Wildman–Crippen LogP) is 3.29. The van der Waals surface area contributed by atoms with Crippen molar-refractivity contribution in [3.8, 4) is 11.5 Å². The Hall–Kier alpha value is -3.00. The van der Waals surface area contributed by atoms with Gasteiger partial charge in [0.1, 0.15) is 5.82 Å². The van der Waals surface area contributed by atoms with E-state index in [0.717, 1.165) is 11.0 Å². The summed E-state index contributed by atoms with van der Waals surface area (Å²) in [6, 6.07) is 14.1. The Bertz CT molecular complexity index is 952. The minimum atomic E-state index is -3.80. The molecule has 0 radical (unpaired) electrons. The van der Waals surface area contributed by atoms with Crippen LogP contribution in [-0.4, -0.2) is 18.6 Å². The largest absolute Gasteiger partial charge is 0.403 e. The number of anilines is 1. The van der Waals surface area contributed by atoms with Crippen LogP contribution in [0.1, 0.15) is 5.56 Å². The van der Waals surface area contributed by atoms with Gasteiger partial charge in [0.05, 0.1) is 5.41 Å². The molecule has 0 aliphatic rings. The lowest BCUT2D eigenvalue weighted by Crippen LogP contribution is -2.09. The molecule has 0 bridgehead atoms. The van der Waals surface area contributed by atoms with Gasteiger partial charge in [-0.2, -0.15) is 0 Å². The highest BCUT2D eigenvalue weighted by molar-refractivity contribution is 7.95. The van der Waals surface area contributed by atoms with Crippen LogP contribution in [0.25, 0.3) is 17.5 Å². The second-order valence-corrected chi connectivity index (χ2v) is 6.35. The number of benzene rings is 2. The minimum Gasteiger partial charge on any atom is -0.403 e. The molecule has 8 heteroatoms. The van der Waals surface area contributed by atoms with Gasteiger partial charge in [0, 0.05) is 5.56 Å². The topological polar surface area (TPSA) is 85.1 Å². The summed E-state index contributed by atoms with van der Waals surface area (Å²) in [7, 11) is -3.80. The lowest BCUT2D eigenvalue weighted by Gasteiger charge is -1.98. The van der Waals surface area contributed by atoms with Crippen molar-refractivity contribution >= 4 is 22.1 Å². The Morgan fingerprint density at radius 2 is 1.71 bits per heavy atom. The van der Waals surface area contributed by atoms with Gasteiger partial charge in [-0.25, -0.2) is 17.5 Å². The fraction of sp³-hybridized carbons (Fsp3) is 0. The molecule has 24 heavy (non-hydrogen) atoms. The van der Waals surface area contributed by atoms with Crippen molar-refractivity contribution in [3.63, 3.8) is 0 Å². The molecule has 3 rings (SSSR count). The lowest BCUT2D eigenvalue weighted by molar-refractivity contribution is 0.580. The molecule has 1 N–H and O–H groups in total. The van der Waals surface area contributed by atoms with Crippen molar-refractivity contribution in [2.45, 2.75) is 0 Å². The molecule has 0 saturated heterocycles. The molecule has 2 aromatic carbocycles. The van der Waals surface area contributed by atoms with Crippen molar-refractivity contribution in [2.24, 2.45) is 0 Å². The third-order valence-corrected chi connectivity index (χ3v) is 3.94. The molecule has 0 fully saturated rings. The van der Waals surface area contributed by atoms with Crippen LogP contribution in [0.3, 0.4) is 0 Å². The van der Waals surface area contributed by atoms with Gasteiger partial charge in [0.15, 0.2) is 0 Å². The van der Waals surface area contributed by atoms with Gasteiger partial charge in [-0.15, -0.1) is 5.10 Å². The molecule has 1 heterocycles. The second-order valence-electron chi connectivity index (χ2n) is 4.78. The van der Waals surface area contributed by atoms with Crippen LogP contribution in [-0.2, 0) is 10.0 Å². The first-order valence-electron chi connectivity index (χ1n) is 6.87. The summed E-state index contributed by atoms with van der Waals surface area (Å²) in [6.07, 6.45) is 1.44. The maximum Gasteiger partial charge on any atom is 0.330 e. The first-order valence-corrected chi connectivity index (χ1v) is 8.42.